The minimum atomic E-state index is -0.386. The van der Waals surface area contributed by atoms with E-state index in [0.717, 1.165) is 36.8 Å². The molecular weight excluding hydrogens is 538 g/mol. The van der Waals surface area contributed by atoms with Gasteiger partial charge in [-0.05, 0) is 68.1 Å². The second-order valence-corrected chi connectivity index (χ2v) is 11.5. The monoisotopic (exact) mass is 569 g/mol. The topological polar surface area (TPSA) is 131 Å². The summed E-state index contributed by atoms with van der Waals surface area (Å²) in [5, 5.41) is 5.68. The Morgan fingerprint density at radius 3 is 1.88 bits per heavy atom. The van der Waals surface area contributed by atoms with Crippen LogP contribution in [0.4, 0.5) is 28.1 Å². The Hall–Kier alpha value is -4.29. The maximum absolute atomic E-state index is 12.7. The van der Waals surface area contributed by atoms with Gasteiger partial charge in [-0.1, -0.05) is 0 Å². The van der Waals surface area contributed by atoms with Crippen LogP contribution >= 0.6 is 0 Å². The van der Waals surface area contributed by atoms with Crippen LogP contribution in [0.15, 0.2) is 42.5 Å². The largest absolute Gasteiger partial charge is 0.457 e. The minimum Gasteiger partial charge on any atom is -0.457 e. The van der Waals surface area contributed by atoms with Gasteiger partial charge < -0.3 is 34.6 Å². The van der Waals surface area contributed by atoms with Crippen molar-refractivity contribution in [2.75, 3.05) is 46.9 Å². The van der Waals surface area contributed by atoms with Gasteiger partial charge in [0.15, 0.2) is 5.82 Å². The highest BCUT2D eigenvalue weighted by molar-refractivity contribution is 6.01. The van der Waals surface area contributed by atoms with E-state index in [1.54, 1.807) is 18.2 Å². The predicted molar refractivity (Wildman–Crippen MR) is 154 cm³/mol. The Morgan fingerprint density at radius 1 is 0.738 bits per heavy atom. The fourth-order valence-corrected chi connectivity index (χ4v) is 6.83. The molecule has 12 heteroatoms. The van der Waals surface area contributed by atoms with Gasteiger partial charge in [-0.2, -0.15) is 15.0 Å². The number of nitrogens with one attached hydrogen (secondary N) is 2. The summed E-state index contributed by atoms with van der Waals surface area (Å²) in [7, 11) is 0. The summed E-state index contributed by atoms with van der Waals surface area (Å²) in [6, 6.07) is 13.3. The van der Waals surface area contributed by atoms with Crippen molar-refractivity contribution in [1.82, 2.24) is 15.0 Å². The highest BCUT2D eigenvalue weighted by Crippen LogP contribution is 2.37. The molecule has 12 nitrogen and oxygen atoms in total. The van der Waals surface area contributed by atoms with Gasteiger partial charge in [0.05, 0.1) is 56.2 Å². The van der Waals surface area contributed by atoms with Gasteiger partial charge in [-0.25, -0.2) is 9.59 Å². The number of fused-ring (bicyclic) bond motifs is 5. The highest BCUT2D eigenvalue weighted by Gasteiger charge is 2.42. The van der Waals surface area contributed by atoms with E-state index in [0.29, 0.717) is 61.1 Å². The molecule has 6 heterocycles. The number of hydrogen-bond acceptors (Lipinski definition) is 10. The smallest absolute Gasteiger partial charge is 0.338 e. The van der Waals surface area contributed by atoms with Crippen LogP contribution in [0, 0.1) is 0 Å². The number of benzene rings is 2. The minimum absolute atomic E-state index is 0.215. The van der Waals surface area contributed by atoms with Crippen LogP contribution in [0.2, 0.25) is 0 Å². The first-order valence-corrected chi connectivity index (χ1v) is 14.6. The lowest BCUT2D eigenvalue weighted by Gasteiger charge is -2.37. The van der Waals surface area contributed by atoms with Crippen molar-refractivity contribution in [2.45, 2.75) is 56.5 Å². The number of carbonyl (C=O) groups is 2. The zero-order valence-electron chi connectivity index (χ0n) is 23.0. The number of rotatable bonds is 5. The van der Waals surface area contributed by atoms with Crippen LogP contribution in [0.3, 0.4) is 0 Å². The van der Waals surface area contributed by atoms with Crippen molar-refractivity contribution in [3.05, 3.63) is 53.6 Å². The quantitative estimate of drug-likeness (QED) is 0.440. The summed E-state index contributed by atoms with van der Waals surface area (Å²) in [6.45, 7) is 2.97. The van der Waals surface area contributed by atoms with Gasteiger partial charge in [0.1, 0.15) is 6.61 Å². The van der Waals surface area contributed by atoms with Gasteiger partial charge in [0.25, 0.3) is 0 Å². The Morgan fingerprint density at radius 2 is 1.29 bits per heavy atom. The molecule has 5 aliphatic rings. The predicted octanol–water partition coefficient (Wildman–Crippen LogP) is 3.59. The molecule has 0 aliphatic carbocycles. The molecule has 1 aromatic heterocycles. The Kier molecular flexibility index (Phi) is 6.18. The summed E-state index contributed by atoms with van der Waals surface area (Å²) in [5.74, 6) is 1.69. The number of cyclic esters (lactones) is 1. The lowest BCUT2D eigenvalue weighted by molar-refractivity contribution is 0.0535. The number of aromatic nitrogens is 3. The molecule has 4 fully saturated rings. The fourth-order valence-electron chi connectivity index (χ4n) is 6.83. The molecule has 4 saturated heterocycles. The number of ether oxygens (including phenoxy) is 3. The number of amides is 2. The third-order valence-electron chi connectivity index (χ3n) is 8.90. The molecule has 4 atom stereocenters. The van der Waals surface area contributed by atoms with E-state index in [2.05, 4.69) is 20.4 Å². The molecule has 0 saturated carbocycles. The Bertz CT molecular complexity index is 1470. The average Bonchev–Trinajstić information content (AvgIpc) is 3.59. The van der Waals surface area contributed by atoms with Crippen molar-refractivity contribution < 1.29 is 23.8 Å². The Labute approximate surface area is 242 Å². The van der Waals surface area contributed by atoms with Gasteiger partial charge in [-0.3, -0.25) is 0 Å². The lowest BCUT2D eigenvalue weighted by Crippen LogP contribution is -2.48. The zero-order chi connectivity index (χ0) is 28.2. The normalized spacial score (nSPS) is 25.8. The van der Waals surface area contributed by atoms with E-state index < -0.39 is 0 Å². The average molecular weight is 570 g/mol. The first-order valence-electron chi connectivity index (χ1n) is 14.6. The molecular formula is C30H31N7O5. The number of nitrogens with zero attached hydrogens (tertiary/aromatic N) is 5. The van der Waals surface area contributed by atoms with Crippen LogP contribution in [0.5, 0.6) is 0 Å². The highest BCUT2D eigenvalue weighted by atomic mass is 16.5. The van der Waals surface area contributed by atoms with Crippen molar-refractivity contribution >= 4 is 35.3 Å². The van der Waals surface area contributed by atoms with Crippen molar-refractivity contribution in [3.63, 3.8) is 0 Å². The molecule has 216 valence electrons. The Balaban J connectivity index is 1.04. The second kappa shape index (κ2) is 10.2. The maximum Gasteiger partial charge on any atom is 0.338 e. The lowest BCUT2D eigenvalue weighted by atomic mass is 10.1. The van der Waals surface area contributed by atoms with Crippen LogP contribution in [0.1, 0.15) is 41.6 Å². The summed E-state index contributed by atoms with van der Waals surface area (Å²) < 4.78 is 16.7. The number of morpholine rings is 2. The summed E-state index contributed by atoms with van der Waals surface area (Å²) in [6.07, 6.45) is 4.29. The van der Waals surface area contributed by atoms with Crippen LogP contribution in [-0.4, -0.2) is 77.5 Å². The molecule has 4 bridgehead atoms. The number of hydrogen-bond donors (Lipinski definition) is 2. The molecule has 2 amide bonds. The summed E-state index contributed by atoms with van der Waals surface area (Å²) in [5.41, 5.74) is 3.34. The van der Waals surface area contributed by atoms with Crippen molar-refractivity contribution in [2.24, 2.45) is 0 Å². The fraction of sp³-hybridized carbons (Fsp3) is 0.433. The molecule has 2 unspecified atom stereocenters. The number of carbonyl (C=O) groups excluding carboxylic acids is 2. The van der Waals surface area contributed by atoms with E-state index in [9.17, 15) is 9.59 Å². The molecule has 0 spiro atoms. The van der Waals surface area contributed by atoms with Crippen LogP contribution in [0.25, 0.3) is 11.4 Å². The molecule has 5 aliphatic heterocycles. The van der Waals surface area contributed by atoms with Gasteiger partial charge in [-0.15, -0.1) is 0 Å². The van der Waals surface area contributed by atoms with Gasteiger partial charge in [0.2, 0.25) is 11.9 Å². The maximum atomic E-state index is 12.7. The molecule has 2 aromatic carbocycles. The van der Waals surface area contributed by atoms with E-state index in [1.165, 1.54) is 0 Å². The standard InChI is InChI=1S/C30H31N7O5/c38-27-25-10-5-20(11-18(25)12-42-27)32-30(39)31-19-3-1-17(2-4-19)26-33-28(36-21-6-7-22(36)14-40-13-21)35-29(34-26)37-23-8-9-24(37)16-41-15-23/h1-5,10-11,21-24H,6-9,12-16H2,(H2,31,32,39)/t21-,22+,23?,24?. The first kappa shape index (κ1) is 25.4. The van der Waals surface area contributed by atoms with Crippen molar-refractivity contribution in [3.8, 4) is 11.4 Å². The molecule has 2 N–H and O–H groups in total. The number of esters is 1. The number of urea groups is 1. The SMILES string of the molecule is O=C(Nc1ccc(-c2nc(N3C4CCC3COC4)nc(N3[C@@H]4CC[C@H]3COC4)n2)cc1)Nc1ccc2c(c1)COC2=O. The molecule has 3 aromatic rings. The summed E-state index contributed by atoms with van der Waals surface area (Å²) in [4.78, 5) is 44.0. The van der Waals surface area contributed by atoms with Crippen LogP contribution in [-0.2, 0) is 20.8 Å². The van der Waals surface area contributed by atoms with E-state index in [-0.39, 0.29) is 42.8 Å². The van der Waals surface area contributed by atoms with E-state index in [1.807, 2.05) is 24.3 Å². The molecule has 0 radical (unpaired) electrons. The molecule has 42 heavy (non-hydrogen) atoms. The number of anilines is 4. The second-order valence-electron chi connectivity index (χ2n) is 11.5. The van der Waals surface area contributed by atoms with Gasteiger partial charge in [0, 0.05) is 22.5 Å². The van der Waals surface area contributed by atoms with Gasteiger partial charge >= 0.3 is 12.0 Å². The van der Waals surface area contributed by atoms with E-state index in [4.69, 9.17) is 29.2 Å². The third-order valence-corrected chi connectivity index (χ3v) is 8.90. The molecule has 8 rings (SSSR count). The third kappa shape index (κ3) is 4.51. The first-order chi connectivity index (χ1) is 20.6. The summed E-state index contributed by atoms with van der Waals surface area (Å²) >= 11 is 0. The van der Waals surface area contributed by atoms with Crippen molar-refractivity contribution in [1.29, 1.82) is 0 Å². The zero-order valence-corrected chi connectivity index (χ0v) is 23.0. The van der Waals surface area contributed by atoms with Crippen LogP contribution < -0.4 is 20.4 Å². The van der Waals surface area contributed by atoms with E-state index >= 15 is 0 Å².